The lowest BCUT2D eigenvalue weighted by molar-refractivity contribution is -0.0448. The van der Waals surface area contributed by atoms with Gasteiger partial charge in [-0.1, -0.05) is 26.8 Å². The van der Waals surface area contributed by atoms with Crippen LogP contribution < -0.4 is 5.32 Å². The van der Waals surface area contributed by atoms with E-state index in [9.17, 15) is 0 Å². The Morgan fingerprint density at radius 2 is 2.18 bits per heavy atom. The van der Waals surface area contributed by atoms with Gasteiger partial charge in [-0.05, 0) is 36.0 Å². The van der Waals surface area contributed by atoms with Gasteiger partial charge in [0.25, 0.3) is 0 Å². The third kappa shape index (κ3) is 2.06. The van der Waals surface area contributed by atoms with Gasteiger partial charge >= 0.3 is 0 Å². The Bertz CT molecular complexity index is 287. The fourth-order valence-electron chi connectivity index (χ4n) is 3.86. The second kappa shape index (κ2) is 4.74. The van der Waals surface area contributed by atoms with Crippen molar-refractivity contribution in [2.75, 3.05) is 19.7 Å². The minimum atomic E-state index is 0.399. The first-order valence-electron chi connectivity index (χ1n) is 6.95. The van der Waals surface area contributed by atoms with Crippen molar-refractivity contribution in [2.24, 2.45) is 16.7 Å². The average molecular weight is 237 g/mol. The van der Waals surface area contributed by atoms with E-state index in [0.717, 1.165) is 25.6 Å². The van der Waals surface area contributed by atoms with Crippen molar-refractivity contribution in [3.63, 3.8) is 0 Å². The van der Waals surface area contributed by atoms with E-state index in [1.165, 1.54) is 19.3 Å². The van der Waals surface area contributed by atoms with Gasteiger partial charge in [0, 0.05) is 13.1 Å². The lowest BCUT2D eigenvalue weighted by Crippen LogP contribution is -2.38. The molecular weight excluding hydrogens is 210 g/mol. The molecule has 0 aliphatic heterocycles. The summed E-state index contributed by atoms with van der Waals surface area (Å²) < 4.78 is 6.13. The van der Waals surface area contributed by atoms with Gasteiger partial charge in [-0.15, -0.1) is 6.58 Å². The molecule has 0 aromatic carbocycles. The van der Waals surface area contributed by atoms with Crippen LogP contribution in [0.25, 0.3) is 0 Å². The zero-order valence-electron chi connectivity index (χ0n) is 11.6. The quantitative estimate of drug-likeness (QED) is 0.566. The summed E-state index contributed by atoms with van der Waals surface area (Å²) in [7, 11) is 0. The molecule has 0 amide bonds. The SMILES string of the molecule is C=CCNCCOC1CC2CCC1(C)C2(C)C. The standard InChI is InChI=1S/C15H27NO/c1-5-8-16-9-10-17-13-11-12-6-7-15(13,4)14(12,2)3/h5,12-13,16H,1,6-11H2,2-4H3. The highest BCUT2D eigenvalue weighted by molar-refractivity contribution is 5.11. The predicted octanol–water partition coefficient (Wildman–Crippen LogP) is 2.99. The summed E-state index contributed by atoms with van der Waals surface area (Å²) in [5, 5.41) is 3.29. The zero-order valence-corrected chi connectivity index (χ0v) is 11.6. The molecule has 0 spiro atoms. The Morgan fingerprint density at radius 3 is 2.71 bits per heavy atom. The largest absolute Gasteiger partial charge is 0.376 e. The number of rotatable bonds is 6. The van der Waals surface area contributed by atoms with Crippen molar-refractivity contribution in [3.8, 4) is 0 Å². The second-order valence-corrected chi connectivity index (χ2v) is 6.46. The van der Waals surface area contributed by atoms with Crippen molar-refractivity contribution in [3.05, 3.63) is 12.7 Å². The Kier molecular flexibility index (Phi) is 3.65. The molecule has 2 rings (SSSR count). The van der Waals surface area contributed by atoms with Gasteiger partial charge < -0.3 is 10.1 Å². The molecule has 0 aromatic heterocycles. The molecule has 2 bridgehead atoms. The molecule has 98 valence electrons. The maximum absolute atomic E-state index is 6.13. The first-order valence-corrected chi connectivity index (χ1v) is 6.95. The van der Waals surface area contributed by atoms with E-state index < -0.39 is 0 Å². The molecule has 2 aliphatic rings. The molecule has 2 fully saturated rings. The van der Waals surface area contributed by atoms with E-state index in [-0.39, 0.29) is 0 Å². The van der Waals surface area contributed by atoms with E-state index in [1.807, 2.05) is 6.08 Å². The Hall–Kier alpha value is -0.340. The van der Waals surface area contributed by atoms with Crippen LogP contribution in [0.5, 0.6) is 0 Å². The van der Waals surface area contributed by atoms with Crippen LogP contribution >= 0.6 is 0 Å². The number of hydrogen-bond donors (Lipinski definition) is 1. The normalized spacial score (nSPS) is 38.5. The van der Waals surface area contributed by atoms with Gasteiger partial charge in [0.05, 0.1) is 12.7 Å². The minimum Gasteiger partial charge on any atom is -0.376 e. The van der Waals surface area contributed by atoms with Crippen LogP contribution in [0.2, 0.25) is 0 Å². The number of ether oxygens (including phenoxy) is 1. The van der Waals surface area contributed by atoms with Crippen LogP contribution in [-0.4, -0.2) is 25.8 Å². The molecule has 0 aromatic rings. The molecule has 2 aliphatic carbocycles. The van der Waals surface area contributed by atoms with Crippen molar-refractivity contribution in [1.82, 2.24) is 5.32 Å². The summed E-state index contributed by atoms with van der Waals surface area (Å²) >= 11 is 0. The Labute approximate surface area is 106 Å². The maximum Gasteiger partial charge on any atom is 0.0637 e. The first kappa shape index (κ1) is 13.1. The molecule has 2 heteroatoms. The molecule has 2 nitrogen and oxygen atoms in total. The van der Waals surface area contributed by atoms with Crippen LogP contribution in [0, 0.1) is 16.7 Å². The maximum atomic E-state index is 6.13. The molecule has 0 heterocycles. The number of fused-ring (bicyclic) bond motifs is 2. The third-order valence-electron chi connectivity index (χ3n) is 5.60. The summed E-state index contributed by atoms with van der Waals surface area (Å²) in [5.74, 6) is 0.874. The van der Waals surface area contributed by atoms with E-state index in [2.05, 4.69) is 32.7 Å². The third-order valence-corrected chi connectivity index (χ3v) is 5.60. The van der Waals surface area contributed by atoms with Gasteiger partial charge in [-0.25, -0.2) is 0 Å². The van der Waals surface area contributed by atoms with E-state index >= 15 is 0 Å². The fourth-order valence-corrected chi connectivity index (χ4v) is 3.86. The molecular formula is C15H27NO. The van der Waals surface area contributed by atoms with Crippen LogP contribution in [-0.2, 0) is 4.74 Å². The molecule has 3 atom stereocenters. The minimum absolute atomic E-state index is 0.399. The fraction of sp³-hybridized carbons (Fsp3) is 0.867. The summed E-state index contributed by atoms with van der Waals surface area (Å²) in [6.07, 6.45) is 6.38. The smallest absolute Gasteiger partial charge is 0.0637 e. The number of hydrogen-bond acceptors (Lipinski definition) is 2. The van der Waals surface area contributed by atoms with Gasteiger partial charge in [-0.2, -0.15) is 0 Å². The monoisotopic (exact) mass is 237 g/mol. The van der Waals surface area contributed by atoms with Crippen molar-refractivity contribution >= 4 is 0 Å². The first-order chi connectivity index (χ1) is 8.02. The number of nitrogens with one attached hydrogen (secondary N) is 1. The highest BCUT2D eigenvalue weighted by Gasteiger charge is 2.61. The summed E-state index contributed by atoms with van der Waals surface area (Å²) in [5.41, 5.74) is 0.863. The van der Waals surface area contributed by atoms with Gasteiger partial charge in [0.15, 0.2) is 0 Å². The van der Waals surface area contributed by atoms with Gasteiger partial charge in [-0.3, -0.25) is 0 Å². The van der Waals surface area contributed by atoms with E-state index in [4.69, 9.17) is 4.74 Å². The van der Waals surface area contributed by atoms with Gasteiger partial charge in [0.1, 0.15) is 0 Å². The van der Waals surface area contributed by atoms with Crippen LogP contribution in [0.15, 0.2) is 12.7 Å². The van der Waals surface area contributed by atoms with Crippen LogP contribution in [0.3, 0.4) is 0 Å². The highest BCUT2D eigenvalue weighted by Crippen LogP contribution is 2.66. The van der Waals surface area contributed by atoms with Gasteiger partial charge in [0.2, 0.25) is 0 Å². The molecule has 0 radical (unpaired) electrons. The molecule has 0 saturated heterocycles. The zero-order chi connectivity index (χ0) is 12.5. The molecule has 1 N–H and O–H groups in total. The average Bonchev–Trinajstić information content (AvgIpc) is 2.61. The van der Waals surface area contributed by atoms with Crippen LogP contribution in [0.1, 0.15) is 40.0 Å². The van der Waals surface area contributed by atoms with Crippen molar-refractivity contribution < 1.29 is 4.74 Å². The van der Waals surface area contributed by atoms with Crippen LogP contribution in [0.4, 0.5) is 0 Å². The Balaban J connectivity index is 1.82. The summed E-state index contributed by atoms with van der Waals surface area (Å²) in [6, 6.07) is 0. The highest BCUT2D eigenvalue weighted by atomic mass is 16.5. The lowest BCUT2D eigenvalue weighted by atomic mass is 9.70. The second-order valence-electron chi connectivity index (χ2n) is 6.46. The Morgan fingerprint density at radius 1 is 1.41 bits per heavy atom. The molecule has 3 unspecified atom stereocenters. The molecule has 2 saturated carbocycles. The predicted molar refractivity (Wildman–Crippen MR) is 72.0 cm³/mol. The van der Waals surface area contributed by atoms with E-state index in [0.29, 0.717) is 16.9 Å². The lowest BCUT2D eigenvalue weighted by Gasteiger charge is -2.38. The van der Waals surface area contributed by atoms with Crippen molar-refractivity contribution in [1.29, 1.82) is 0 Å². The van der Waals surface area contributed by atoms with E-state index in [1.54, 1.807) is 0 Å². The summed E-state index contributed by atoms with van der Waals surface area (Å²) in [6.45, 7) is 13.6. The van der Waals surface area contributed by atoms with Crippen molar-refractivity contribution in [2.45, 2.75) is 46.1 Å². The topological polar surface area (TPSA) is 21.3 Å². The summed E-state index contributed by atoms with van der Waals surface area (Å²) in [4.78, 5) is 0. The molecule has 17 heavy (non-hydrogen) atoms.